The third kappa shape index (κ3) is 2.51. The molecule has 0 saturated heterocycles. The van der Waals surface area contributed by atoms with Crippen LogP contribution in [0.15, 0.2) is 53.5 Å². The normalized spacial score (nSPS) is 17.9. The zero-order valence-corrected chi connectivity index (χ0v) is 12.6. The second kappa shape index (κ2) is 5.60. The van der Waals surface area contributed by atoms with Gasteiger partial charge in [0.05, 0.1) is 12.6 Å². The summed E-state index contributed by atoms with van der Waals surface area (Å²) in [5, 5.41) is 0. The fourth-order valence-electron chi connectivity index (χ4n) is 2.85. The largest absolute Gasteiger partial charge is 0.369 e. The third-order valence-electron chi connectivity index (χ3n) is 4.13. The second-order valence-corrected chi connectivity index (χ2v) is 5.47. The highest BCUT2D eigenvalue weighted by atomic mass is 15.3. The molecule has 21 heavy (non-hydrogen) atoms. The first-order chi connectivity index (χ1) is 10.2. The summed E-state index contributed by atoms with van der Waals surface area (Å²) in [6.07, 6.45) is 1.06. The smallest absolute Gasteiger partial charge is 0.196 e. The lowest BCUT2D eigenvalue weighted by Crippen LogP contribution is -2.36. The minimum Gasteiger partial charge on any atom is -0.369 e. The van der Waals surface area contributed by atoms with Crippen molar-refractivity contribution in [2.45, 2.75) is 26.3 Å². The highest BCUT2D eigenvalue weighted by Crippen LogP contribution is 2.33. The topological polar surface area (TPSA) is 41.6 Å². The maximum absolute atomic E-state index is 6.14. The molecule has 0 saturated carbocycles. The van der Waals surface area contributed by atoms with Crippen molar-refractivity contribution in [2.75, 3.05) is 11.4 Å². The molecule has 0 radical (unpaired) electrons. The number of para-hydroxylation sites is 1. The summed E-state index contributed by atoms with van der Waals surface area (Å²) in [4.78, 5) is 6.60. The predicted octanol–water partition coefficient (Wildman–Crippen LogP) is 3.43. The molecule has 2 aromatic carbocycles. The summed E-state index contributed by atoms with van der Waals surface area (Å²) in [5.41, 5.74) is 11.1. The van der Waals surface area contributed by atoms with Gasteiger partial charge >= 0.3 is 0 Å². The van der Waals surface area contributed by atoms with E-state index in [1.807, 2.05) is 12.1 Å². The maximum Gasteiger partial charge on any atom is 0.196 e. The summed E-state index contributed by atoms with van der Waals surface area (Å²) in [7, 11) is 0. The van der Waals surface area contributed by atoms with E-state index in [-0.39, 0.29) is 6.04 Å². The number of benzene rings is 2. The molecule has 108 valence electrons. The van der Waals surface area contributed by atoms with Crippen LogP contribution in [-0.4, -0.2) is 12.5 Å². The molecule has 0 aromatic heterocycles. The molecule has 0 aliphatic carbocycles. The van der Waals surface area contributed by atoms with Crippen LogP contribution in [0.25, 0.3) is 0 Å². The predicted molar refractivity (Wildman–Crippen MR) is 88.7 cm³/mol. The van der Waals surface area contributed by atoms with E-state index in [1.54, 1.807) is 0 Å². The molecule has 0 fully saturated rings. The van der Waals surface area contributed by atoms with E-state index < -0.39 is 0 Å². The van der Waals surface area contributed by atoms with Crippen molar-refractivity contribution >= 4 is 11.6 Å². The number of hydrogen-bond donors (Lipinski definition) is 1. The van der Waals surface area contributed by atoms with Crippen LogP contribution in [0.1, 0.15) is 29.7 Å². The van der Waals surface area contributed by atoms with E-state index in [9.17, 15) is 0 Å². The van der Waals surface area contributed by atoms with Gasteiger partial charge in [0.2, 0.25) is 0 Å². The Morgan fingerprint density at radius 3 is 2.52 bits per heavy atom. The molecule has 1 heterocycles. The summed E-state index contributed by atoms with van der Waals surface area (Å²) >= 11 is 0. The lowest BCUT2D eigenvalue weighted by atomic mass is 10.0. The summed E-state index contributed by atoms with van der Waals surface area (Å²) in [5.74, 6) is 0.605. The van der Waals surface area contributed by atoms with Crippen LogP contribution in [0.4, 0.5) is 5.69 Å². The Bertz CT molecular complexity index is 658. The van der Waals surface area contributed by atoms with Gasteiger partial charge in [0.1, 0.15) is 0 Å². The standard InChI is InChI=1S/C18H21N3/c1-3-14-8-10-15(11-9-14)17-12-20-18(19)21(17)16-7-5-4-6-13(16)2/h4-11,17H,3,12H2,1-2H3,(H2,19,20). The highest BCUT2D eigenvalue weighted by molar-refractivity contribution is 5.98. The molecule has 3 heteroatoms. The van der Waals surface area contributed by atoms with Crippen molar-refractivity contribution in [3.05, 3.63) is 65.2 Å². The lowest BCUT2D eigenvalue weighted by Gasteiger charge is -2.28. The van der Waals surface area contributed by atoms with Crippen molar-refractivity contribution in [2.24, 2.45) is 10.7 Å². The Morgan fingerprint density at radius 1 is 1.14 bits per heavy atom. The molecule has 1 aliphatic heterocycles. The second-order valence-electron chi connectivity index (χ2n) is 5.47. The molecule has 3 nitrogen and oxygen atoms in total. The van der Waals surface area contributed by atoms with E-state index >= 15 is 0 Å². The third-order valence-corrected chi connectivity index (χ3v) is 4.13. The van der Waals surface area contributed by atoms with Crippen LogP contribution in [0, 0.1) is 6.92 Å². The molecule has 1 unspecified atom stereocenters. The van der Waals surface area contributed by atoms with Crippen LogP contribution in [0.3, 0.4) is 0 Å². The number of guanidine groups is 1. The van der Waals surface area contributed by atoms with Gasteiger partial charge in [0.15, 0.2) is 5.96 Å². The van der Waals surface area contributed by atoms with Crippen molar-refractivity contribution in [1.82, 2.24) is 0 Å². The van der Waals surface area contributed by atoms with E-state index in [0.29, 0.717) is 12.5 Å². The SMILES string of the molecule is CCc1ccc(C2CN=C(N)N2c2ccccc2C)cc1. The van der Waals surface area contributed by atoms with E-state index in [2.05, 4.69) is 60.1 Å². The van der Waals surface area contributed by atoms with Crippen LogP contribution in [0.5, 0.6) is 0 Å². The van der Waals surface area contributed by atoms with Crippen molar-refractivity contribution in [1.29, 1.82) is 0 Å². The Morgan fingerprint density at radius 2 is 1.86 bits per heavy atom. The zero-order valence-electron chi connectivity index (χ0n) is 12.6. The molecule has 2 aromatic rings. The van der Waals surface area contributed by atoms with Gasteiger partial charge in [-0.3, -0.25) is 4.99 Å². The van der Waals surface area contributed by atoms with Crippen molar-refractivity contribution < 1.29 is 0 Å². The zero-order chi connectivity index (χ0) is 14.8. The molecule has 2 N–H and O–H groups in total. The first-order valence-electron chi connectivity index (χ1n) is 7.44. The summed E-state index contributed by atoms with van der Waals surface area (Å²) in [6.45, 7) is 5.00. The molecule has 0 amide bonds. The number of aliphatic imine (C=N–C) groups is 1. The van der Waals surface area contributed by atoms with Gasteiger partial charge in [-0.15, -0.1) is 0 Å². The molecular formula is C18H21N3. The van der Waals surface area contributed by atoms with Crippen LogP contribution in [0.2, 0.25) is 0 Å². The quantitative estimate of drug-likeness (QED) is 0.935. The Balaban J connectivity index is 1.97. The first-order valence-corrected chi connectivity index (χ1v) is 7.44. The molecule has 0 bridgehead atoms. The van der Waals surface area contributed by atoms with E-state index in [1.165, 1.54) is 16.7 Å². The maximum atomic E-state index is 6.14. The minimum atomic E-state index is 0.192. The minimum absolute atomic E-state index is 0.192. The number of anilines is 1. The molecular weight excluding hydrogens is 258 g/mol. The Kier molecular flexibility index (Phi) is 3.65. The molecule has 3 rings (SSSR count). The van der Waals surface area contributed by atoms with Gasteiger partial charge in [0, 0.05) is 5.69 Å². The van der Waals surface area contributed by atoms with Gasteiger partial charge in [0.25, 0.3) is 0 Å². The molecule has 0 spiro atoms. The highest BCUT2D eigenvalue weighted by Gasteiger charge is 2.29. The van der Waals surface area contributed by atoms with Crippen LogP contribution >= 0.6 is 0 Å². The van der Waals surface area contributed by atoms with Gasteiger partial charge in [-0.25, -0.2) is 0 Å². The van der Waals surface area contributed by atoms with Gasteiger partial charge in [-0.2, -0.15) is 0 Å². The fraction of sp³-hybridized carbons (Fsp3) is 0.278. The van der Waals surface area contributed by atoms with Gasteiger partial charge in [-0.1, -0.05) is 49.4 Å². The number of nitrogens with two attached hydrogens (primary N) is 1. The Hall–Kier alpha value is -2.29. The molecule has 1 atom stereocenters. The van der Waals surface area contributed by atoms with E-state index in [4.69, 9.17) is 5.73 Å². The first kappa shape index (κ1) is 13.7. The number of aryl methyl sites for hydroxylation is 2. The lowest BCUT2D eigenvalue weighted by molar-refractivity contribution is 0.766. The van der Waals surface area contributed by atoms with Crippen LogP contribution < -0.4 is 10.6 Å². The van der Waals surface area contributed by atoms with Crippen molar-refractivity contribution in [3.8, 4) is 0 Å². The van der Waals surface area contributed by atoms with Crippen molar-refractivity contribution in [3.63, 3.8) is 0 Å². The summed E-state index contributed by atoms with van der Waals surface area (Å²) in [6, 6.07) is 17.3. The number of hydrogen-bond acceptors (Lipinski definition) is 3. The van der Waals surface area contributed by atoms with Crippen LogP contribution in [-0.2, 0) is 6.42 Å². The average molecular weight is 279 g/mol. The number of rotatable bonds is 3. The average Bonchev–Trinajstić information content (AvgIpc) is 2.89. The van der Waals surface area contributed by atoms with Gasteiger partial charge < -0.3 is 10.6 Å². The fourth-order valence-corrected chi connectivity index (χ4v) is 2.85. The summed E-state index contributed by atoms with van der Waals surface area (Å²) < 4.78 is 0. The monoisotopic (exact) mass is 279 g/mol. The van der Waals surface area contributed by atoms with Gasteiger partial charge in [-0.05, 0) is 36.1 Å². The Labute approximate surface area is 126 Å². The number of nitrogens with zero attached hydrogens (tertiary/aromatic N) is 2. The molecule has 1 aliphatic rings. The van der Waals surface area contributed by atoms with E-state index in [0.717, 1.165) is 12.1 Å².